The molecule has 0 fully saturated rings. The fourth-order valence-electron chi connectivity index (χ4n) is 4.16. The summed E-state index contributed by atoms with van der Waals surface area (Å²) in [5.41, 5.74) is 6.33. The van der Waals surface area contributed by atoms with Crippen molar-refractivity contribution in [2.75, 3.05) is 0 Å². The summed E-state index contributed by atoms with van der Waals surface area (Å²) in [6.07, 6.45) is 0.266. The summed E-state index contributed by atoms with van der Waals surface area (Å²) in [5.74, 6) is -0.0621. The van der Waals surface area contributed by atoms with Crippen molar-refractivity contribution in [2.45, 2.75) is 73.6 Å². The molecule has 1 aromatic heterocycles. The van der Waals surface area contributed by atoms with Crippen LogP contribution in [0.4, 0.5) is 4.79 Å². The lowest BCUT2D eigenvalue weighted by molar-refractivity contribution is 0.0523. The average molecular weight is 519 g/mol. The minimum atomic E-state index is -0.985. The van der Waals surface area contributed by atoms with Crippen molar-refractivity contribution in [1.29, 1.82) is 0 Å². The highest BCUT2D eigenvalue weighted by atomic mass is 16.6. The molecule has 0 unspecified atom stereocenters. The maximum absolute atomic E-state index is 12.6. The van der Waals surface area contributed by atoms with Crippen molar-refractivity contribution >= 4 is 12.1 Å². The van der Waals surface area contributed by atoms with Gasteiger partial charge in [0.15, 0.2) is 0 Å². The van der Waals surface area contributed by atoms with Gasteiger partial charge in [-0.1, -0.05) is 43.7 Å². The monoisotopic (exact) mass is 518 g/mol. The smallest absolute Gasteiger partial charge is 0.407 e. The molecule has 2 N–H and O–H groups in total. The van der Waals surface area contributed by atoms with Crippen LogP contribution >= 0.6 is 0 Å². The van der Waals surface area contributed by atoms with E-state index in [9.17, 15) is 14.7 Å². The molecule has 1 heterocycles. The number of aryl methyl sites for hydroxylation is 2. The van der Waals surface area contributed by atoms with Gasteiger partial charge in [-0.05, 0) is 82.3 Å². The number of carboxylic acids is 1. The van der Waals surface area contributed by atoms with Crippen LogP contribution < -0.4 is 10.1 Å². The topological polar surface area (TPSA) is 97.8 Å². The zero-order valence-electron chi connectivity index (χ0n) is 23.3. The van der Waals surface area contributed by atoms with E-state index in [0.717, 1.165) is 45.6 Å². The minimum absolute atomic E-state index is 0.198. The highest BCUT2D eigenvalue weighted by Gasteiger charge is 2.22. The Kier molecular flexibility index (Phi) is 9.15. The molecule has 38 heavy (non-hydrogen) atoms. The maximum atomic E-state index is 12.6. The molecule has 3 aromatic rings. The molecular formula is C31H38N2O5. The third kappa shape index (κ3) is 7.81. The molecule has 0 aliphatic carbocycles. The van der Waals surface area contributed by atoms with Crippen molar-refractivity contribution in [3.8, 4) is 16.9 Å². The van der Waals surface area contributed by atoms with Gasteiger partial charge in [-0.25, -0.2) is 9.59 Å². The van der Waals surface area contributed by atoms with Crippen molar-refractivity contribution in [3.05, 3.63) is 82.2 Å². The number of nitrogens with one attached hydrogen (secondary N) is 1. The molecule has 0 saturated heterocycles. The van der Waals surface area contributed by atoms with E-state index in [1.54, 1.807) is 12.1 Å². The summed E-state index contributed by atoms with van der Waals surface area (Å²) in [6.45, 7) is 14.3. The minimum Gasteiger partial charge on any atom is -0.489 e. The van der Waals surface area contributed by atoms with Crippen LogP contribution in [0.2, 0.25) is 0 Å². The summed E-state index contributed by atoms with van der Waals surface area (Å²) in [4.78, 5) is 28.8. The van der Waals surface area contributed by atoms with E-state index in [1.807, 2.05) is 34.6 Å². The second kappa shape index (κ2) is 12.1. The molecule has 2 aromatic carbocycles. The Hall–Kier alpha value is -3.87. The Morgan fingerprint density at radius 1 is 0.974 bits per heavy atom. The number of aromatic nitrogens is 1. The van der Waals surface area contributed by atoms with Crippen molar-refractivity contribution in [1.82, 2.24) is 10.3 Å². The molecule has 0 radical (unpaired) electrons. The van der Waals surface area contributed by atoms with E-state index in [4.69, 9.17) is 14.5 Å². The summed E-state index contributed by atoms with van der Waals surface area (Å²) >= 11 is 0. The average Bonchev–Trinajstić information content (AvgIpc) is 2.82. The number of carboxylic acid groups (broad SMARTS) is 1. The number of alkyl carbamates (subject to hydrolysis) is 1. The number of hydrogen-bond acceptors (Lipinski definition) is 5. The van der Waals surface area contributed by atoms with Crippen molar-refractivity contribution in [2.24, 2.45) is 5.92 Å². The van der Waals surface area contributed by atoms with E-state index in [1.165, 1.54) is 12.1 Å². The van der Waals surface area contributed by atoms with Gasteiger partial charge in [0.25, 0.3) is 0 Å². The standard InChI is InChI=1S/C31H38N2O5/c1-19(2)16-27-25(17-32-30(36)38-31(5,6)7)28(22-10-8-20(3)9-11-22)26(21(4)33-27)18-37-24-14-12-23(13-15-24)29(34)35/h8-15,19H,16-18H2,1-7H3,(H,32,36)(H,34,35). The molecule has 202 valence electrons. The number of benzene rings is 2. The molecule has 7 nitrogen and oxygen atoms in total. The number of hydrogen-bond donors (Lipinski definition) is 2. The van der Waals surface area contributed by atoms with E-state index in [0.29, 0.717) is 11.7 Å². The zero-order valence-corrected chi connectivity index (χ0v) is 23.3. The van der Waals surface area contributed by atoms with Crippen LogP contribution in [0.5, 0.6) is 5.75 Å². The fourth-order valence-corrected chi connectivity index (χ4v) is 4.16. The van der Waals surface area contributed by atoms with Gasteiger partial charge in [0, 0.05) is 29.1 Å². The summed E-state index contributed by atoms with van der Waals surface area (Å²) < 4.78 is 11.6. The number of rotatable bonds is 9. The first-order chi connectivity index (χ1) is 17.8. The molecule has 7 heteroatoms. The first-order valence-corrected chi connectivity index (χ1v) is 12.9. The highest BCUT2D eigenvalue weighted by Crippen LogP contribution is 2.34. The van der Waals surface area contributed by atoms with Crippen LogP contribution in [-0.2, 0) is 24.3 Å². The molecular weight excluding hydrogens is 480 g/mol. The Morgan fingerprint density at radius 2 is 1.61 bits per heavy atom. The maximum Gasteiger partial charge on any atom is 0.407 e. The lowest BCUT2D eigenvalue weighted by Gasteiger charge is -2.24. The van der Waals surface area contributed by atoms with Crippen LogP contribution in [0.3, 0.4) is 0 Å². The Morgan fingerprint density at radius 3 is 2.16 bits per heavy atom. The molecule has 0 atom stereocenters. The zero-order chi connectivity index (χ0) is 28.0. The van der Waals surface area contributed by atoms with Crippen molar-refractivity contribution in [3.63, 3.8) is 0 Å². The van der Waals surface area contributed by atoms with Crippen LogP contribution in [0.15, 0.2) is 48.5 Å². The highest BCUT2D eigenvalue weighted by molar-refractivity contribution is 5.87. The number of carbonyl (C=O) groups excluding carboxylic acids is 1. The molecule has 3 rings (SSSR count). The van der Waals surface area contributed by atoms with Crippen LogP contribution in [-0.4, -0.2) is 27.8 Å². The summed E-state index contributed by atoms with van der Waals surface area (Å²) in [6, 6.07) is 14.6. The quantitative estimate of drug-likeness (QED) is 0.321. The van der Waals surface area contributed by atoms with Gasteiger partial charge in [-0.15, -0.1) is 0 Å². The number of amides is 1. The van der Waals surface area contributed by atoms with Gasteiger partial charge >= 0.3 is 12.1 Å². The predicted molar refractivity (Wildman–Crippen MR) is 148 cm³/mol. The molecule has 0 bridgehead atoms. The third-order valence-corrected chi connectivity index (χ3v) is 5.93. The molecule has 0 spiro atoms. The fraction of sp³-hybridized carbons (Fsp3) is 0.387. The first kappa shape index (κ1) is 28.7. The van der Waals surface area contributed by atoms with Gasteiger partial charge in [0.1, 0.15) is 18.0 Å². The number of aromatic carboxylic acids is 1. The normalized spacial score (nSPS) is 11.4. The SMILES string of the molecule is Cc1ccc(-c2c(COc3ccc(C(=O)O)cc3)c(C)nc(CC(C)C)c2CNC(=O)OC(C)(C)C)cc1. The lowest BCUT2D eigenvalue weighted by atomic mass is 9.90. The molecule has 0 saturated carbocycles. The van der Waals surface area contributed by atoms with Gasteiger partial charge < -0.3 is 19.9 Å². The van der Waals surface area contributed by atoms with E-state index < -0.39 is 17.7 Å². The summed E-state index contributed by atoms with van der Waals surface area (Å²) in [5, 5.41) is 12.1. The summed E-state index contributed by atoms with van der Waals surface area (Å²) in [7, 11) is 0. The molecule has 0 aliphatic heterocycles. The van der Waals surface area contributed by atoms with Gasteiger partial charge in [0.05, 0.1) is 5.56 Å². The van der Waals surface area contributed by atoms with Gasteiger partial charge in [0.2, 0.25) is 0 Å². The van der Waals surface area contributed by atoms with Crippen LogP contribution in [0.1, 0.15) is 73.1 Å². The number of carbonyl (C=O) groups is 2. The Bertz CT molecular complexity index is 1270. The van der Waals surface area contributed by atoms with Gasteiger partial charge in [-0.3, -0.25) is 4.98 Å². The van der Waals surface area contributed by atoms with E-state index in [-0.39, 0.29) is 18.7 Å². The molecule has 1 amide bonds. The third-order valence-electron chi connectivity index (χ3n) is 5.93. The largest absolute Gasteiger partial charge is 0.489 e. The second-order valence-corrected chi connectivity index (χ2v) is 10.9. The van der Waals surface area contributed by atoms with E-state index in [2.05, 4.69) is 43.4 Å². The van der Waals surface area contributed by atoms with E-state index >= 15 is 0 Å². The lowest BCUT2D eigenvalue weighted by Crippen LogP contribution is -2.32. The first-order valence-electron chi connectivity index (χ1n) is 12.9. The molecule has 0 aliphatic rings. The number of ether oxygens (including phenoxy) is 2. The number of nitrogens with zero attached hydrogens (tertiary/aromatic N) is 1. The second-order valence-electron chi connectivity index (χ2n) is 10.9. The van der Waals surface area contributed by atoms with Crippen LogP contribution in [0, 0.1) is 19.8 Å². The Balaban J connectivity index is 2.08. The number of pyridine rings is 1. The van der Waals surface area contributed by atoms with Gasteiger partial charge in [-0.2, -0.15) is 0 Å². The predicted octanol–water partition coefficient (Wildman–Crippen LogP) is 6.87. The van der Waals surface area contributed by atoms with Crippen molar-refractivity contribution < 1.29 is 24.2 Å². The van der Waals surface area contributed by atoms with Crippen LogP contribution in [0.25, 0.3) is 11.1 Å². The Labute approximate surface area is 225 Å².